The van der Waals surface area contributed by atoms with Crippen molar-refractivity contribution in [2.45, 2.75) is 44.9 Å². The van der Waals surface area contributed by atoms with Crippen LogP contribution in [0.25, 0.3) is 0 Å². The van der Waals surface area contributed by atoms with Crippen LogP contribution in [0.1, 0.15) is 27.2 Å². The number of hydrogen-bond acceptors (Lipinski definition) is 4. The highest BCUT2D eigenvalue weighted by Crippen LogP contribution is 2.17. The Balaban J connectivity index is 2.32. The van der Waals surface area contributed by atoms with Crippen molar-refractivity contribution in [1.29, 1.82) is 0 Å². The molecule has 1 saturated heterocycles. The van der Waals surface area contributed by atoms with Crippen molar-refractivity contribution < 1.29 is 9.84 Å². The second-order valence-corrected chi connectivity index (χ2v) is 5.74. The van der Waals surface area contributed by atoms with E-state index in [1.54, 1.807) is 7.11 Å². The topological polar surface area (TPSA) is 35.9 Å². The maximum Gasteiger partial charge on any atom is 0.0880 e. The van der Waals surface area contributed by atoms with Crippen LogP contribution >= 0.6 is 0 Å². The second kappa shape index (κ2) is 6.14. The third-order valence-electron chi connectivity index (χ3n) is 4.09. The van der Waals surface area contributed by atoms with Crippen molar-refractivity contribution in [2.75, 3.05) is 40.3 Å². The zero-order valence-corrected chi connectivity index (χ0v) is 11.9. The minimum Gasteiger partial charge on any atom is -0.390 e. The Morgan fingerprint density at radius 1 is 1.41 bits per heavy atom. The molecule has 0 amide bonds. The Morgan fingerprint density at radius 3 is 2.59 bits per heavy atom. The van der Waals surface area contributed by atoms with Crippen LogP contribution in [0, 0.1) is 0 Å². The van der Waals surface area contributed by atoms with Gasteiger partial charge in [0.25, 0.3) is 0 Å². The summed E-state index contributed by atoms with van der Waals surface area (Å²) in [6.07, 6.45) is 0.375. The molecule has 1 fully saturated rings. The zero-order valence-electron chi connectivity index (χ0n) is 11.9. The van der Waals surface area contributed by atoms with Crippen molar-refractivity contribution >= 4 is 0 Å². The molecule has 1 heterocycles. The molecule has 1 aliphatic heterocycles. The van der Waals surface area contributed by atoms with Gasteiger partial charge in [0.05, 0.1) is 11.7 Å². The monoisotopic (exact) mass is 244 g/mol. The van der Waals surface area contributed by atoms with Crippen molar-refractivity contribution in [1.82, 2.24) is 9.80 Å². The molecule has 0 aromatic carbocycles. The molecule has 2 atom stereocenters. The second-order valence-electron chi connectivity index (χ2n) is 5.74. The number of ether oxygens (including phenoxy) is 1. The number of likely N-dealkylation sites (N-methyl/N-ethyl adjacent to an activating group) is 1. The average Bonchev–Trinajstić information content (AvgIpc) is 2.30. The molecule has 4 nitrogen and oxygen atoms in total. The average molecular weight is 244 g/mol. The molecule has 0 aliphatic carbocycles. The van der Waals surface area contributed by atoms with Gasteiger partial charge in [-0.05, 0) is 34.2 Å². The standard InChI is InChI=1S/C13H28N2O2/c1-11-10-15(9-8-14(11)4)7-6-12(16)13(2,3)17-5/h11-12,16H,6-10H2,1-5H3. The van der Waals surface area contributed by atoms with E-state index in [9.17, 15) is 5.11 Å². The van der Waals surface area contributed by atoms with Gasteiger partial charge in [0.2, 0.25) is 0 Å². The molecule has 102 valence electrons. The van der Waals surface area contributed by atoms with Crippen LogP contribution in [-0.2, 0) is 4.74 Å². The highest BCUT2D eigenvalue weighted by Gasteiger charge is 2.28. The van der Waals surface area contributed by atoms with E-state index in [0.717, 1.165) is 32.6 Å². The van der Waals surface area contributed by atoms with Crippen LogP contribution in [0.15, 0.2) is 0 Å². The quantitative estimate of drug-likeness (QED) is 0.776. The highest BCUT2D eigenvalue weighted by atomic mass is 16.5. The molecule has 0 saturated carbocycles. The van der Waals surface area contributed by atoms with Crippen LogP contribution < -0.4 is 0 Å². The largest absolute Gasteiger partial charge is 0.390 e. The van der Waals surface area contributed by atoms with E-state index in [1.165, 1.54) is 0 Å². The molecule has 0 radical (unpaired) electrons. The maximum atomic E-state index is 10.1. The van der Waals surface area contributed by atoms with E-state index >= 15 is 0 Å². The van der Waals surface area contributed by atoms with Gasteiger partial charge >= 0.3 is 0 Å². The van der Waals surface area contributed by atoms with Gasteiger partial charge in [-0.1, -0.05) is 0 Å². The molecule has 0 bridgehead atoms. The number of nitrogens with zero attached hydrogens (tertiary/aromatic N) is 2. The number of rotatable bonds is 5. The molecule has 17 heavy (non-hydrogen) atoms. The summed E-state index contributed by atoms with van der Waals surface area (Å²) in [6.45, 7) is 10.4. The molecular weight excluding hydrogens is 216 g/mol. The minimum atomic E-state index is -0.446. The lowest BCUT2D eigenvalue weighted by Crippen LogP contribution is -2.51. The van der Waals surface area contributed by atoms with E-state index in [0.29, 0.717) is 6.04 Å². The van der Waals surface area contributed by atoms with E-state index < -0.39 is 11.7 Å². The fourth-order valence-electron chi connectivity index (χ4n) is 2.12. The van der Waals surface area contributed by atoms with Crippen molar-refractivity contribution in [3.63, 3.8) is 0 Å². The van der Waals surface area contributed by atoms with Crippen LogP contribution in [0.5, 0.6) is 0 Å². The van der Waals surface area contributed by atoms with Crippen molar-refractivity contribution in [3.05, 3.63) is 0 Å². The lowest BCUT2D eigenvalue weighted by molar-refractivity contribution is -0.0834. The summed E-state index contributed by atoms with van der Waals surface area (Å²) >= 11 is 0. The zero-order chi connectivity index (χ0) is 13.1. The SMILES string of the molecule is COC(C)(C)C(O)CCN1CCN(C)C(C)C1. The smallest absolute Gasteiger partial charge is 0.0880 e. The number of methoxy groups -OCH3 is 1. The predicted molar refractivity (Wildman–Crippen MR) is 70.2 cm³/mol. The van der Waals surface area contributed by atoms with E-state index in [-0.39, 0.29) is 0 Å². The van der Waals surface area contributed by atoms with Gasteiger partial charge in [0.1, 0.15) is 0 Å². The molecule has 2 unspecified atom stereocenters. The van der Waals surface area contributed by atoms with Crippen LogP contribution in [0.4, 0.5) is 0 Å². The van der Waals surface area contributed by atoms with Gasteiger partial charge < -0.3 is 19.6 Å². The van der Waals surface area contributed by atoms with E-state index in [4.69, 9.17) is 4.74 Å². The summed E-state index contributed by atoms with van der Waals surface area (Å²) < 4.78 is 5.30. The summed E-state index contributed by atoms with van der Waals surface area (Å²) in [4.78, 5) is 4.81. The molecule has 1 rings (SSSR count). The Labute approximate surface area is 106 Å². The Bertz CT molecular complexity index is 233. The Hall–Kier alpha value is -0.160. The van der Waals surface area contributed by atoms with Crippen LogP contribution in [0.3, 0.4) is 0 Å². The summed E-state index contributed by atoms with van der Waals surface area (Å²) in [5, 5.41) is 10.1. The number of aliphatic hydroxyl groups excluding tert-OH is 1. The maximum absolute atomic E-state index is 10.1. The van der Waals surface area contributed by atoms with E-state index in [2.05, 4.69) is 23.8 Å². The molecule has 0 spiro atoms. The van der Waals surface area contributed by atoms with Gasteiger partial charge in [-0.2, -0.15) is 0 Å². The fourth-order valence-corrected chi connectivity index (χ4v) is 2.12. The summed E-state index contributed by atoms with van der Waals surface area (Å²) in [5.74, 6) is 0. The molecule has 4 heteroatoms. The van der Waals surface area contributed by atoms with Gasteiger partial charge in [-0.25, -0.2) is 0 Å². The first-order valence-electron chi connectivity index (χ1n) is 6.52. The van der Waals surface area contributed by atoms with Gasteiger partial charge in [0.15, 0.2) is 0 Å². The van der Waals surface area contributed by atoms with Gasteiger partial charge in [-0.3, -0.25) is 0 Å². The molecule has 0 aromatic rings. The van der Waals surface area contributed by atoms with E-state index in [1.807, 2.05) is 13.8 Å². The number of piperazine rings is 1. The van der Waals surface area contributed by atoms with Crippen molar-refractivity contribution in [2.24, 2.45) is 0 Å². The first kappa shape index (κ1) is 14.9. The normalized spacial score (nSPS) is 26.1. The third kappa shape index (κ3) is 4.21. The predicted octanol–water partition coefficient (Wildman–Crippen LogP) is 0.798. The van der Waals surface area contributed by atoms with Gasteiger partial charge in [0, 0.05) is 39.3 Å². The highest BCUT2D eigenvalue weighted by molar-refractivity contribution is 4.82. The summed E-state index contributed by atoms with van der Waals surface area (Å²) in [6, 6.07) is 0.608. The summed E-state index contributed by atoms with van der Waals surface area (Å²) in [7, 11) is 3.83. The molecule has 1 aliphatic rings. The van der Waals surface area contributed by atoms with Crippen molar-refractivity contribution in [3.8, 4) is 0 Å². The Kier molecular flexibility index (Phi) is 5.38. The van der Waals surface area contributed by atoms with Crippen LogP contribution in [0.2, 0.25) is 0 Å². The van der Waals surface area contributed by atoms with Gasteiger partial charge in [-0.15, -0.1) is 0 Å². The molecule has 1 N–H and O–H groups in total. The number of aliphatic hydroxyl groups is 1. The van der Waals surface area contributed by atoms with Crippen LogP contribution in [-0.4, -0.2) is 73.0 Å². The Morgan fingerprint density at radius 2 is 2.06 bits per heavy atom. The lowest BCUT2D eigenvalue weighted by Gasteiger charge is -2.38. The molecule has 0 aromatic heterocycles. The molecular formula is C13H28N2O2. The number of hydrogen-bond donors (Lipinski definition) is 1. The fraction of sp³-hybridized carbons (Fsp3) is 1.00. The third-order valence-corrected chi connectivity index (χ3v) is 4.09. The first-order chi connectivity index (χ1) is 7.86. The summed E-state index contributed by atoms with van der Waals surface area (Å²) in [5.41, 5.74) is -0.446. The first-order valence-corrected chi connectivity index (χ1v) is 6.52. The lowest BCUT2D eigenvalue weighted by atomic mass is 9.98. The minimum absolute atomic E-state index is 0.400.